The zero-order valence-electron chi connectivity index (χ0n) is 5.97. The molecule has 0 saturated heterocycles. The van der Waals surface area contributed by atoms with Gasteiger partial charge in [-0.25, -0.2) is 0 Å². The van der Waals surface area contributed by atoms with E-state index in [2.05, 4.69) is 41.3 Å². The first-order valence-corrected chi connectivity index (χ1v) is 4.65. The van der Waals surface area contributed by atoms with Gasteiger partial charge in [0.1, 0.15) is 0 Å². The standard InChI is InChI=1S/C6H14INO/c1-6(2)8(5-7)3-4-9/h6,9H,3-5H2,1-2H3. The smallest absolute Gasteiger partial charge is 0.0558 e. The Morgan fingerprint density at radius 2 is 2.11 bits per heavy atom. The molecule has 0 heterocycles. The number of halogens is 1. The highest BCUT2D eigenvalue weighted by Crippen LogP contribution is 1.99. The third-order valence-electron chi connectivity index (χ3n) is 1.27. The third kappa shape index (κ3) is 4.11. The molecule has 0 radical (unpaired) electrons. The lowest BCUT2D eigenvalue weighted by Gasteiger charge is -2.22. The number of nitrogens with zero attached hydrogens (tertiary/aromatic N) is 1. The van der Waals surface area contributed by atoms with Gasteiger partial charge in [0.2, 0.25) is 0 Å². The van der Waals surface area contributed by atoms with E-state index in [-0.39, 0.29) is 6.61 Å². The number of aliphatic hydroxyl groups excluding tert-OH is 1. The van der Waals surface area contributed by atoms with Gasteiger partial charge in [-0.1, -0.05) is 22.6 Å². The monoisotopic (exact) mass is 243 g/mol. The first-order valence-electron chi connectivity index (χ1n) is 3.13. The first-order chi connectivity index (χ1) is 4.22. The highest BCUT2D eigenvalue weighted by molar-refractivity contribution is 14.1. The van der Waals surface area contributed by atoms with Crippen LogP contribution in [-0.4, -0.2) is 33.8 Å². The Labute approximate surface area is 70.4 Å². The molecule has 0 aromatic heterocycles. The fraction of sp³-hybridized carbons (Fsp3) is 1.00. The predicted octanol–water partition coefficient (Wildman–Crippen LogP) is 1.08. The molecule has 0 amide bonds. The van der Waals surface area contributed by atoms with Gasteiger partial charge in [0.25, 0.3) is 0 Å². The summed E-state index contributed by atoms with van der Waals surface area (Å²) in [6, 6.07) is 0.550. The maximum Gasteiger partial charge on any atom is 0.0558 e. The zero-order chi connectivity index (χ0) is 7.28. The van der Waals surface area contributed by atoms with Crippen LogP contribution in [0.15, 0.2) is 0 Å². The Balaban J connectivity index is 3.41. The van der Waals surface area contributed by atoms with Gasteiger partial charge in [-0.3, -0.25) is 4.90 Å². The lowest BCUT2D eigenvalue weighted by atomic mass is 10.3. The van der Waals surface area contributed by atoms with Crippen LogP contribution in [0.25, 0.3) is 0 Å². The van der Waals surface area contributed by atoms with Gasteiger partial charge < -0.3 is 5.11 Å². The van der Waals surface area contributed by atoms with Gasteiger partial charge >= 0.3 is 0 Å². The molecule has 0 aliphatic heterocycles. The van der Waals surface area contributed by atoms with Crippen molar-refractivity contribution in [2.45, 2.75) is 19.9 Å². The van der Waals surface area contributed by atoms with Crippen molar-refractivity contribution in [1.29, 1.82) is 0 Å². The summed E-state index contributed by atoms with van der Waals surface area (Å²) in [7, 11) is 0. The lowest BCUT2D eigenvalue weighted by molar-refractivity contribution is 0.192. The summed E-state index contributed by atoms with van der Waals surface area (Å²) in [5, 5.41) is 8.57. The SMILES string of the molecule is CC(C)N(CI)CCO. The van der Waals surface area contributed by atoms with E-state index in [0.717, 1.165) is 11.1 Å². The minimum absolute atomic E-state index is 0.265. The molecule has 3 heteroatoms. The molecule has 0 aliphatic carbocycles. The van der Waals surface area contributed by atoms with Crippen LogP contribution in [0.2, 0.25) is 0 Å². The van der Waals surface area contributed by atoms with Crippen molar-refractivity contribution < 1.29 is 5.11 Å². The molecule has 0 bridgehead atoms. The highest BCUT2D eigenvalue weighted by atomic mass is 127. The van der Waals surface area contributed by atoms with Crippen molar-refractivity contribution in [2.75, 3.05) is 17.7 Å². The first kappa shape index (κ1) is 9.65. The van der Waals surface area contributed by atoms with Gasteiger partial charge in [0, 0.05) is 12.6 Å². The molecule has 0 rings (SSSR count). The second kappa shape index (κ2) is 5.44. The van der Waals surface area contributed by atoms with Crippen LogP contribution in [0.4, 0.5) is 0 Å². The molecule has 9 heavy (non-hydrogen) atoms. The van der Waals surface area contributed by atoms with E-state index < -0.39 is 0 Å². The van der Waals surface area contributed by atoms with Gasteiger partial charge in [-0.05, 0) is 13.8 Å². The molecule has 0 spiro atoms. The van der Waals surface area contributed by atoms with E-state index in [1.165, 1.54) is 0 Å². The van der Waals surface area contributed by atoms with Crippen LogP contribution < -0.4 is 0 Å². The Morgan fingerprint density at radius 3 is 2.22 bits per heavy atom. The number of alkyl halides is 1. The summed E-state index contributed by atoms with van der Waals surface area (Å²) in [6.07, 6.45) is 0. The summed E-state index contributed by atoms with van der Waals surface area (Å²) in [6.45, 7) is 5.32. The minimum atomic E-state index is 0.265. The Bertz CT molecular complexity index is 68.1. The largest absolute Gasteiger partial charge is 0.395 e. The van der Waals surface area contributed by atoms with Crippen LogP contribution in [0.1, 0.15) is 13.8 Å². The zero-order valence-corrected chi connectivity index (χ0v) is 8.13. The summed E-state index contributed by atoms with van der Waals surface area (Å²) < 4.78 is 0.996. The van der Waals surface area contributed by atoms with E-state index >= 15 is 0 Å². The molecule has 0 atom stereocenters. The summed E-state index contributed by atoms with van der Waals surface area (Å²) >= 11 is 2.30. The third-order valence-corrected chi connectivity index (χ3v) is 2.15. The molecule has 0 fully saturated rings. The Kier molecular flexibility index (Phi) is 5.83. The number of aliphatic hydroxyl groups is 1. The average molecular weight is 243 g/mol. The average Bonchev–Trinajstić information content (AvgIpc) is 1.82. The van der Waals surface area contributed by atoms with Crippen LogP contribution in [0.5, 0.6) is 0 Å². The highest BCUT2D eigenvalue weighted by Gasteiger charge is 2.04. The van der Waals surface area contributed by atoms with E-state index in [1.54, 1.807) is 0 Å². The normalized spacial score (nSPS) is 11.3. The molecular weight excluding hydrogens is 229 g/mol. The van der Waals surface area contributed by atoms with E-state index in [4.69, 9.17) is 5.11 Å². The topological polar surface area (TPSA) is 23.5 Å². The van der Waals surface area contributed by atoms with E-state index in [0.29, 0.717) is 6.04 Å². The molecule has 0 aromatic rings. The van der Waals surface area contributed by atoms with Crippen molar-refractivity contribution in [2.24, 2.45) is 0 Å². The molecule has 0 aliphatic rings. The molecule has 1 N–H and O–H groups in total. The van der Waals surface area contributed by atoms with Gasteiger partial charge in [-0.2, -0.15) is 0 Å². The van der Waals surface area contributed by atoms with Crippen LogP contribution in [0, 0.1) is 0 Å². The second-order valence-electron chi connectivity index (χ2n) is 2.25. The molecule has 56 valence electrons. The van der Waals surface area contributed by atoms with E-state index in [9.17, 15) is 0 Å². The number of hydrogen-bond donors (Lipinski definition) is 1. The Hall–Kier alpha value is 0.650. The molecule has 0 saturated carbocycles. The predicted molar refractivity (Wildman–Crippen MR) is 47.8 cm³/mol. The molecular formula is C6H14INO. The Morgan fingerprint density at radius 1 is 1.56 bits per heavy atom. The lowest BCUT2D eigenvalue weighted by Crippen LogP contribution is -2.31. The van der Waals surface area contributed by atoms with E-state index in [1.807, 2.05) is 0 Å². The quantitative estimate of drug-likeness (QED) is 0.453. The van der Waals surface area contributed by atoms with Gasteiger partial charge in [0.15, 0.2) is 0 Å². The summed E-state index contributed by atoms with van der Waals surface area (Å²) in [5.74, 6) is 0. The number of rotatable bonds is 4. The maximum atomic E-state index is 8.57. The number of hydrogen-bond acceptors (Lipinski definition) is 2. The minimum Gasteiger partial charge on any atom is -0.395 e. The van der Waals surface area contributed by atoms with Crippen molar-refractivity contribution >= 4 is 22.6 Å². The van der Waals surface area contributed by atoms with Crippen molar-refractivity contribution in [1.82, 2.24) is 4.90 Å². The summed E-state index contributed by atoms with van der Waals surface area (Å²) in [4.78, 5) is 2.21. The van der Waals surface area contributed by atoms with Crippen molar-refractivity contribution in [3.05, 3.63) is 0 Å². The molecule has 0 aromatic carbocycles. The van der Waals surface area contributed by atoms with Crippen LogP contribution in [0.3, 0.4) is 0 Å². The van der Waals surface area contributed by atoms with Gasteiger partial charge in [-0.15, -0.1) is 0 Å². The fourth-order valence-electron chi connectivity index (χ4n) is 0.584. The maximum absolute atomic E-state index is 8.57. The molecule has 0 unspecified atom stereocenters. The second-order valence-corrected chi connectivity index (χ2v) is 2.93. The van der Waals surface area contributed by atoms with Crippen LogP contribution in [-0.2, 0) is 0 Å². The van der Waals surface area contributed by atoms with Crippen molar-refractivity contribution in [3.63, 3.8) is 0 Å². The van der Waals surface area contributed by atoms with Crippen molar-refractivity contribution in [3.8, 4) is 0 Å². The molecule has 2 nitrogen and oxygen atoms in total. The fourth-order valence-corrected chi connectivity index (χ4v) is 1.71. The summed E-state index contributed by atoms with van der Waals surface area (Å²) in [5.41, 5.74) is 0. The van der Waals surface area contributed by atoms with Crippen LogP contribution >= 0.6 is 22.6 Å². The van der Waals surface area contributed by atoms with Gasteiger partial charge in [0.05, 0.1) is 11.2 Å².